The summed E-state index contributed by atoms with van der Waals surface area (Å²) < 4.78 is 65.9. The number of nitrogens with zero attached hydrogens (tertiary/aromatic N) is 2. The van der Waals surface area contributed by atoms with Crippen LogP contribution in [0.2, 0.25) is 4.34 Å². The van der Waals surface area contributed by atoms with Crippen LogP contribution < -0.4 is 0 Å². The van der Waals surface area contributed by atoms with Crippen molar-refractivity contribution in [2.45, 2.75) is 35.7 Å². The van der Waals surface area contributed by atoms with Gasteiger partial charge in [0.25, 0.3) is 10.0 Å². The van der Waals surface area contributed by atoms with Gasteiger partial charge in [0.2, 0.25) is 0 Å². The Morgan fingerprint density at radius 1 is 1.24 bits per heavy atom. The van der Waals surface area contributed by atoms with Gasteiger partial charge in [-0.15, -0.1) is 22.7 Å². The van der Waals surface area contributed by atoms with E-state index >= 15 is 0 Å². The summed E-state index contributed by atoms with van der Waals surface area (Å²) in [7, 11) is -3.87. The number of benzene rings is 1. The SMILES string of the molecule is C[C@H](CC(=O)[C@@H]1C=CCN1S(=O)(=O)c1ccc(Cl)s1)c1nc(-c2ccc(C(F)(F)F)cc2)cs1. The molecular weight excluding hydrogens is 529 g/mol. The van der Waals surface area contributed by atoms with Crippen LogP contribution in [0.4, 0.5) is 13.2 Å². The second-order valence-corrected chi connectivity index (χ2v) is 12.4. The van der Waals surface area contributed by atoms with Crippen LogP contribution >= 0.6 is 34.3 Å². The second kappa shape index (κ2) is 9.54. The van der Waals surface area contributed by atoms with E-state index in [9.17, 15) is 26.4 Å². The Bertz CT molecular complexity index is 1330. The van der Waals surface area contributed by atoms with Gasteiger partial charge in [0.1, 0.15) is 10.3 Å². The lowest BCUT2D eigenvalue weighted by Gasteiger charge is -2.23. The fourth-order valence-corrected chi connectivity index (χ4v) is 7.58. The van der Waals surface area contributed by atoms with Crippen molar-refractivity contribution in [3.63, 3.8) is 0 Å². The van der Waals surface area contributed by atoms with E-state index in [4.69, 9.17) is 11.6 Å². The number of halogens is 4. The van der Waals surface area contributed by atoms with E-state index in [1.807, 2.05) is 6.92 Å². The fourth-order valence-electron chi connectivity index (χ4n) is 3.56. The monoisotopic (exact) mass is 546 g/mol. The summed E-state index contributed by atoms with van der Waals surface area (Å²) in [5, 5.41) is 2.37. The van der Waals surface area contributed by atoms with Crippen molar-refractivity contribution in [2.75, 3.05) is 6.54 Å². The Hall–Kier alpha value is -2.05. The minimum atomic E-state index is -4.41. The highest BCUT2D eigenvalue weighted by atomic mass is 35.5. The molecule has 0 spiro atoms. The number of thiazole rings is 1. The maximum atomic E-state index is 13.0. The van der Waals surface area contributed by atoms with Gasteiger partial charge in [-0.3, -0.25) is 4.79 Å². The molecule has 0 saturated heterocycles. The Morgan fingerprint density at radius 3 is 2.56 bits per heavy atom. The molecule has 2 aromatic heterocycles. The third kappa shape index (κ3) is 5.13. The molecule has 5 nitrogen and oxygen atoms in total. The van der Waals surface area contributed by atoms with E-state index in [-0.39, 0.29) is 28.9 Å². The van der Waals surface area contributed by atoms with Crippen LogP contribution in [0.25, 0.3) is 11.3 Å². The molecule has 4 rings (SSSR count). The van der Waals surface area contributed by atoms with Crippen LogP contribution in [0, 0.1) is 0 Å². The van der Waals surface area contributed by atoms with Gasteiger partial charge < -0.3 is 0 Å². The fraction of sp³-hybridized carbons (Fsp3) is 0.273. The highest BCUT2D eigenvalue weighted by Gasteiger charge is 2.37. The number of rotatable bonds is 7. The van der Waals surface area contributed by atoms with Crippen molar-refractivity contribution in [1.29, 1.82) is 0 Å². The molecule has 1 aromatic carbocycles. The molecule has 1 aliphatic rings. The van der Waals surface area contributed by atoms with Crippen molar-refractivity contribution in [3.05, 3.63) is 68.8 Å². The molecule has 0 saturated carbocycles. The maximum absolute atomic E-state index is 13.0. The van der Waals surface area contributed by atoms with E-state index in [2.05, 4.69) is 4.98 Å². The highest BCUT2D eigenvalue weighted by molar-refractivity contribution is 7.91. The number of carbonyl (C=O) groups excluding carboxylic acids is 1. The van der Waals surface area contributed by atoms with Crippen LogP contribution in [-0.2, 0) is 21.0 Å². The number of sulfonamides is 1. The standard InChI is InChI=1S/C22H18ClF3N2O3S3/c1-13(21-27-16(12-32-21)14-4-6-15(7-5-14)22(24,25)26)11-18(29)17-3-2-10-28(17)34(30,31)20-9-8-19(23)33-20/h2-9,12-13,17H,10-11H2,1H3/t13-,17+/m1/s1. The van der Waals surface area contributed by atoms with Gasteiger partial charge in [0.15, 0.2) is 5.78 Å². The van der Waals surface area contributed by atoms with E-state index < -0.39 is 27.8 Å². The van der Waals surface area contributed by atoms with E-state index in [1.165, 1.54) is 35.6 Å². The molecule has 3 aromatic rings. The average molecular weight is 547 g/mol. The highest BCUT2D eigenvalue weighted by Crippen LogP contribution is 2.34. The number of carbonyl (C=O) groups is 1. The maximum Gasteiger partial charge on any atom is 0.416 e. The Labute approximate surface area is 207 Å². The minimum absolute atomic E-state index is 0.0617. The summed E-state index contributed by atoms with van der Waals surface area (Å²) in [6.45, 7) is 1.90. The van der Waals surface area contributed by atoms with Crippen molar-refractivity contribution < 1.29 is 26.4 Å². The molecule has 34 heavy (non-hydrogen) atoms. The smallest absolute Gasteiger partial charge is 0.298 e. The van der Waals surface area contributed by atoms with Crippen LogP contribution in [0.5, 0.6) is 0 Å². The zero-order valence-electron chi connectivity index (χ0n) is 17.6. The van der Waals surface area contributed by atoms with Crippen molar-refractivity contribution >= 4 is 50.1 Å². The van der Waals surface area contributed by atoms with Crippen molar-refractivity contribution in [3.8, 4) is 11.3 Å². The zero-order valence-corrected chi connectivity index (χ0v) is 20.8. The molecule has 12 heteroatoms. The van der Waals surface area contributed by atoms with Gasteiger partial charge in [-0.05, 0) is 24.3 Å². The Morgan fingerprint density at radius 2 is 1.94 bits per heavy atom. The summed E-state index contributed by atoms with van der Waals surface area (Å²) in [6.07, 6.45) is -1.12. The molecule has 2 atom stereocenters. The number of Topliss-reactive ketones (excluding diaryl/α,β-unsaturated/α-hetero) is 1. The van der Waals surface area contributed by atoms with E-state index in [0.29, 0.717) is 20.6 Å². The quantitative estimate of drug-likeness (QED) is 0.329. The molecule has 0 amide bonds. The van der Waals surface area contributed by atoms with Crippen molar-refractivity contribution in [1.82, 2.24) is 9.29 Å². The summed E-state index contributed by atoms with van der Waals surface area (Å²) in [5.74, 6) is -0.561. The van der Waals surface area contributed by atoms with Gasteiger partial charge >= 0.3 is 6.18 Å². The van der Waals surface area contributed by atoms with Crippen LogP contribution in [0.15, 0.2) is 58.1 Å². The number of hydrogen-bond donors (Lipinski definition) is 0. The molecule has 0 bridgehead atoms. The number of ketones is 1. The lowest BCUT2D eigenvalue weighted by atomic mass is 10.0. The Kier molecular flexibility index (Phi) is 7.03. The first kappa shape index (κ1) is 25.1. The summed E-state index contributed by atoms with van der Waals surface area (Å²) >= 11 is 8.12. The normalized spacial score (nSPS) is 17.9. The molecule has 0 fully saturated rings. The molecule has 0 N–H and O–H groups in total. The molecule has 0 aliphatic carbocycles. The number of thiophene rings is 1. The molecule has 0 radical (unpaired) electrons. The predicted molar refractivity (Wildman–Crippen MR) is 127 cm³/mol. The first-order chi connectivity index (χ1) is 16.0. The molecule has 3 heterocycles. The molecular formula is C22H18ClF3N2O3S3. The van der Waals surface area contributed by atoms with E-state index in [0.717, 1.165) is 27.8 Å². The lowest BCUT2D eigenvalue weighted by molar-refractivity contribution is -0.137. The zero-order chi connectivity index (χ0) is 24.7. The second-order valence-electron chi connectivity index (χ2n) is 7.72. The minimum Gasteiger partial charge on any atom is -0.298 e. The number of hydrogen-bond acceptors (Lipinski definition) is 6. The largest absolute Gasteiger partial charge is 0.416 e. The Balaban J connectivity index is 1.46. The van der Waals surface area contributed by atoms with Crippen LogP contribution in [-0.4, -0.2) is 36.1 Å². The third-order valence-corrected chi connectivity index (χ3v) is 9.94. The first-order valence-corrected chi connectivity index (χ1v) is 13.6. The molecule has 0 unspecified atom stereocenters. The summed E-state index contributed by atoms with van der Waals surface area (Å²) in [5.41, 5.74) is 0.326. The van der Waals surface area contributed by atoms with Crippen LogP contribution in [0.3, 0.4) is 0 Å². The lowest BCUT2D eigenvalue weighted by Crippen LogP contribution is -2.40. The number of aromatic nitrogens is 1. The summed E-state index contributed by atoms with van der Waals surface area (Å²) in [4.78, 5) is 17.5. The van der Waals surface area contributed by atoms with Gasteiger partial charge in [-0.1, -0.05) is 42.8 Å². The van der Waals surface area contributed by atoms with Gasteiger partial charge in [-0.2, -0.15) is 17.5 Å². The van der Waals surface area contributed by atoms with Crippen LogP contribution in [0.1, 0.15) is 29.8 Å². The van der Waals surface area contributed by atoms with Gasteiger partial charge in [0, 0.05) is 29.8 Å². The topological polar surface area (TPSA) is 67.3 Å². The van der Waals surface area contributed by atoms with Gasteiger partial charge in [0.05, 0.1) is 20.6 Å². The van der Waals surface area contributed by atoms with Crippen molar-refractivity contribution in [2.24, 2.45) is 0 Å². The van der Waals surface area contributed by atoms with Gasteiger partial charge in [-0.25, -0.2) is 13.4 Å². The molecule has 1 aliphatic heterocycles. The number of alkyl halides is 3. The average Bonchev–Trinajstić information content (AvgIpc) is 3.53. The first-order valence-electron chi connectivity index (χ1n) is 10.1. The molecule has 180 valence electrons. The third-order valence-electron chi connectivity index (χ3n) is 5.31. The summed E-state index contributed by atoms with van der Waals surface area (Å²) in [6, 6.07) is 6.73. The predicted octanol–water partition coefficient (Wildman–Crippen LogP) is 6.24. The van der Waals surface area contributed by atoms with E-state index in [1.54, 1.807) is 17.5 Å².